The second-order valence-corrected chi connectivity index (χ2v) is 7.91. The highest BCUT2D eigenvalue weighted by Gasteiger charge is 2.40. The van der Waals surface area contributed by atoms with Crippen molar-refractivity contribution in [3.05, 3.63) is 23.9 Å². The Balaban J connectivity index is 2.02. The molecule has 0 amide bonds. The summed E-state index contributed by atoms with van der Waals surface area (Å²) in [7, 11) is -3.55. The predicted octanol–water partition coefficient (Wildman–Crippen LogP) is 2.05. The Morgan fingerprint density at radius 1 is 1.33 bits per heavy atom. The lowest BCUT2D eigenvalue weighted by Crippen LogP contribution is -2.45. The maximum Gasteiger partial charge on any atom is 0.258 e. The molecular weight excluding hydrogens is 286 g/mol. The molecule has 21 heavy (non-hydrogen) atoms. The summed E-state index contributed by atoms with van der Waals surface area (Å²) in [6, 6.07) is 3.39. The molecule has 1 heterocycles. The molecule has 1 aliphatic rings. The van der Waals surface area contributed by atoms with Gasteiger partial charge >= 0.3 is 0 Å². The van der Waals surface area contributed by atoms with Gasteiger partial charge in [-0.3, -0.25) is 0 Å². The first-order valence-electron chi connectivity index (χ1n) is 7.55. The van der Waals surface area contributed by atoms with E-state index < -0.39 is 15.6 Å². The number of hydrogen-bond acceptors (Lipinski definition) is 4. The molecule has 0 saturated heterocycles. The molecule has 0 unspecified atom stereocenters. The molecule has 1 fully saturated rings. The zero-order valence-electron chi connectivity index (χ0n) is 13.0. The van der Waals surface area contributed by atoms with Crippen molar-refractivity contribution in [3.63, 3.8) is 0 Å². The fourth-order valence-electron chi connectivity index (χ4n) is 2.37. The van der Waals surface area contributed by atoms with Gasteiger partial charge in [0.05, 0.1) is 0 Å². The van der Waals surface area contributed by atoms with Gasteiger partial charge in [-0.25, -0.2) is 18.1 Å². The van der Waals surface area contributed by atoms with Crippen molar-refractivity contribution in [1.29, 1.82) is 0 Å². The summed E-state index contributed by atoms with van der Waals surface area (Å²) < 4.78 is 27.5. The van der Waals surface area contributed by atoms with E-state index in [9.17, 15) is 8.42 Å². The minimum absolute atomic E-state index is 0.0930. The van der Waals surface area contributed by atoms with Gasteiger partial charge in [-0.15, -0.1) is 0 Å². The van der Waals surface area contributed by atoms with Crippen LogP contribution in [0.15, 0.2) is 23.4 Å². The Kier molecular flexibility index (Phi) is 5.01. The van der Waals surface area contributed by atoms with Crippen molar-refractivity contribution < 1.29 is 8.42 Å². The third-order valence-electron chi connectivity index (χ3n) is 3.82. The van der Waals surface area contributed by atoms with Crippen molar-refractivity contribution in [2.45, 2.75) is 57.1 Å². The molecule has 1 saturated carbocycles. The Labute approximate surface area is 127 Å². The van der Waals surface area contributed by atoms with Gasteiger partial charge in [0.25, 0.3) is 10.0 Å². The van der Waals surface area contributed by atoms with Crippen molar-refractivity contribution in [2.24, 2.45) is 5.92 Å². The van der Waals surface area contributed by atoms with Crippen LogP contribution in [-0.4, -0.2) is 25.5 Å². The first-order valence-corrected chi connectivity index (χ1v) is 9.03. The zero-order valence-corrected chi connectivity index (χ0v) is 13.8. The summed E-state index contributed by atoms with van der Waals surface area (Å²) >= 11 is 0. The summed E-state index contributed by atoms with van der Waals surface area (Å²) in [5.41, 5.74) is 0.589. The number of rotatable bonds is 8. The minimum Gasteiger partial charge on any atom is -0.313 e. The summed E-state index contributed by atoms with van der Waals surface area (Å²) in [6.45, 7) is 7.63. The molecule has 2 N–H and O–H groups in total. The monoisotopic (exact) mass is 311 g/mol. The fraction of sp³-hybridized carbons (Fsp3) is 0.667. The van der Waals surface area contributed by atoms with Gasteiger partial charge in [-0.05, 0) is 57.2 Å². The fourth-order valence-corrected chi connectivity index (χ4v) is 3.77. The molecule has 1 aromatic heterocycles. The Hall–Kier alpha value is -0.980. The summed E-state index contributed by atoms with van der Waals surface area (Å²) in [6.07, 6.45) is 4.87. The first-order chi connectivity index (χ1) is 9.85. The van der Waals surface area contributed by atoms with Crippen LogP contribution in [0.5, 0.6) is 0 Å². The van der Waals surface area contributed by atoms with Gasteiger partial charge in [-0.1, -0.05) is 13.0 Å². The number of hydrogen-bond donors (Lipinski definition) is 2. The molecule has 1 aromatic rings. The highest BCUT2D eigenvalue weighted by molar-refractivity contribution is 7.89. The molecule has 118 valence electrons. The highest BCUT2D eigenvalue weighted by Crippen LogP contribution is 2.39. The van der Waals surface area contributed by atoms with E-state index in [0.29, 0.717) is 12.5 Å². The van der Waals surface area contributed by atoms with Crippen molar-refractivity contribution in [1.82, 2.24) is 15.0 Å². The standard InChI is InChI=1S/C15H25N3O2S/c1-4-9-16-10-12-5-8-14(17-11-12)21(19,20)18-15(2,3)13-6-7-13/h5,8,11,13,16,18H,4,6-7,9-10H2,1-3H3. The number of sulfonamides is 1. The van der Waals surface area contributed by atoms with Crippen molar-refractivity contribution in [2.75, 3.05) is 6.54 Å². The molecule has 6 heteroatoms. The molecule has 1 aliphatic carbocycles. The van der Waals surface area contributed by atoms with Crippen LogP contribution >= 0.6 is 0 Å². The third kappa shape index (κ3) is 4.49. The topological polar surface area (TPSA) is 71.1 Å². The highest BCUT2D eigenvalue weighted by atomic mass is 32.2. The normalized spacial score (nSPS) is 16.1. The molecule has 0 aliphatic heterocycles. The lowest BCUT2D eigenvalue weighted by Gasteiger charge is -2.25. The van der Waals surface area contributed by atoms with Gasteiger partial charge in [0, 0.05) is 18.3 Å². The van der Waals surface area contributed by atoms with E-state index in [1.54, 1.807) is 12.3 Å². The number of pyridine rings is 1. The molecule has 0 spiro atoms. The van der Waals surface area contributed by atoms with Gasteiger partial charge in [0.2, 0.25) is 0 Å². The smallest absolute Gasteiger partial charge is 0.258 e. The van der Waals surface area contributed by atoms with Crippen LogP contribution in [0.1, 0.15) is 45.6 Å². The van der Waals surface area contributed by atoms with E-state index in [2.05, 4.69) is 21.9 Å². The Morgan fingerprint density at radius 2 is 2.05 bits per heavy atom. The van der Waals surface area contributed by atoms with E-state index in [1.807, 2.05) is 19.9 Å². The predicted molar refractivity (Wildman–Crippen MR) is 83.4 cm³/mol. The minimum atomic E-state index is -3.55. The van der Waals surface area contributed by atoms with Crippen LogP contribution < -0.4 is 10.0 Å². The van der Waals surface area contributed by atoms with Crippen LogP contribution in [0.3, 0.4) is 0 Å². The zero-order chi connectivity index (χ0) is 15.5. The molecular formula is C15H25N3O2S. The van der Waals surface area contributed by atoms with E-state index in [0.717, 1.165) is 31.4 Å². The van der Waals surface area contributed by atoms with Gasteiger partial charge in [0.1, 0.15) is 0 Å². The molecule has 0 aromatic carbocycles. The first kappa shape index (κ1) is 16.4. The Morgan fingerprint density at radius 3 is 2.57 bits per heavy atom. The van der Waals surface area contributed by atoms with E-state index in [4.69, 9.17) is 0 Å². The van der Waals surface area contributed by atoms with Crippen molar-refractivity contribution >= 4 is 10.0 Å². The largest absolute Gasteiger partial charge is 0.313 e. The van der Waals surface area contributed by atoms with E-state index in [-0.39, 0.29) is 5.03 Å². The Bertz CT molecular complexity index is 563. The molecule has 0 atom stereocenters. The van der Waals surface area contributed by atoms with Gasteiger partial charge in [0.15, 0.2) is 5.03 Å². The summed E-state index contributed by atoms with van der Waals surface area (Å²) in [5.74, 6) is 0.435. The van der Waals surface area contributed by atoms with Crippen LogP contribution in [0.25, 0.3) is 0 Å². The quantitative estimate of drug-likeness (QED) is 0.721. The van der Waals surface area contributed by atoms with Crippen LogP contribution in [0.2, 0.25) is 0 Å². The number of nitrogens with zero attached hydrogens (tertiary/aromatic N) is 1. The summed E-state index contributed by atoms with van der Waals surface area (Å²) in [5, 5.41) is 3.36. The lowest BCUT2D eigenvalue weighted by molar-refractivity contribution is 0.400. The van der Waals surface area contributed by atoms with E-state index in [1.165, 1.54) is 0 Å². The third-order valence-corrected chi connectivity index (χ3v) is 5.41. The van der Waals surface area contributed by atoms with E-state index >= 15 is 0 Å². The summed E-state index contributed by atoms with van der Waals surface area (Å²) in [4.78, 5) is 4.10. The molecule has 0 bridgehead atoms. The number of nitrogens with one attached hydrogen (secondary N) is 2. The van der Waals surface area contributed by atoms with Crippen LogP contribution in [-0.2, 0) is 16.6 Å². The average molecular weight is 311 g/mol. The second kappa shape index (κ2) is 6.42. The molecule has 0 radical (unpaired) electrons. The van der Waals surface area contributed by atoms with Gasteiger partial charge < -0.3 is 5.32 Å². The average Bonchev–Trinajstić information content (AvgIpc) is 3.23. The molecule has 2 rings (SSSR count). The maximum atomic E-state index is 12.4. The van der Waals surface area contributed by atoms with Gasteiger partial charge in [-0.2, -0.15) is 0 Å². The maximum absolute atomic E-state index is 12.4. The SMILES string of the molecule is CCCNCc1ccc(S(=O)(=O)NC(C)(C)C2CC2)nc1. The van der Waals surface area contributed by atoms with Crippen molar-refractivity contribution in [3.8, 4) is 0 Å². The lowest BCUT2D eigenvalue weighted by atomic mass is 10.0. The van der Waals surface area contributed by atoms with Crippen LogP contribution in [0, 0.1) is 5.92 Å². The second-order valence-electron chi connectivity index (χ2n) is 6.28. The molecule has 5 nitrogen and oxygen atoms in total. The van der Waals surface area contributed by atoms with Crippen LogP contribution in [0.4, 0.5) is 0 Å². The number of aromatic nitrogens is 1.